The van der Waals surface area contributed by atoms with Crippen molar-refractivity contribution in [1.29, 1.82) is 0 Å². The van der Waals surface area contributed by atoms with Crippen molar-refractivity contribution < 1.29 is 24.3 Å². The largest absolute Gasteiger partial charge is 0.372 e. The molecule has 0 aliphatic heterocycles. The molecule has 1 aliphatic rings. The molecule has 0 N–H and O–H groups in total. The maximum atomic E-state index is 12.0. The summed E-state index contributed by atoms with van der Waals surface area (Å²) < 4.78 is 0. The van der Waals surface area contributed by atoms with E-state index in [-0.39, 0.29) is 11.5 Å². The van der Waals surface area contributed by atoms with Crippen LogP contribution < -0.4 is 0 Å². The van der Waals surface area contributed by atoms with E-state index in [9.17, 15) is 29.8 Å². The number of non-ortho nitro benzene ring substituents is 1. The molecule has 0 atom stereocenters. The molecular weight excluding hydrogens is 322 g/mol. The first kappa shape index (κ1) is 16.7. The van der Waals surface area contributed by atoms with Gasteiger partial charge < -0.3 is 4.84 Å². The highest BCUT2D eigenvalue weighted by Crippen LogP contribution is 2.25. The number of hydrogen-bond donors (Lipinski definition) is 0. The Morgan fingerprint density at radius 2 is 1.88 bits per heavy atom. The van der Waals surface area contributed by atoms with Gasteiger partial charge in [-0.2, -0.15) is 0 Å². The van der Waals surface area contributed by atoms with Crippen molar-refractivity contribution in [3.63, 3.8) is 0 Å². The fraction of sp³-hybridized carbons (Fsp3) is 0.0714. The van der Waals surface area contributed by atoms with E-state index in [1.54, 1.807) is 6.92 Å². The standard InChI is InChI=1S/C14H9N3O7/c1-8-6-10(18)3-5-12(8)15-24-14(19)11-4-2-9(16(20)21)7-13(11)17(22)23/h2-7H,1H3/b15-12-. The maximum Gasteiger partial charge on any atom is 0.372 e. The molecule has 1 aromatic rings. The van der Waals surface area contributed by atoms with E-state index in [1.807, 2.05) is 0 Å². The molecule has 0 radical (unpaired) electrons. The summed E-state index contributed by atoms with van der Waals surface area (Å²) in [4.78, 5) is 47.6. The zero-order valence-corrected chi connectivity index (χ0v) is 12.2. The number of rotatable bonds is 4. The summed E-state index contributed by atoms with van der Waals surface area (Å²) in [7, 11) is 0. The van der Waals surface area contributed by atoms with Crippen molar-refractivity contribution >= 4 is 28.8 Å². The normalized spacial score (nSPS) is 15.1. The lowest BCUT2D eigenvalue weighted by molar-refractivity contribution is -0.394. The maximum absolute atomic E-state index is 12.0. The van der Waals surface area contributed by atoms with Gasteiger partial charge in [0, 0.05) is 6.07 Å². The number of allylic oxidation sites excluding steroid dienone is 4. The molecule has 0 fully saturated rings. The number of nitro groups is 2. The van der Waals surface area contributed by atoms with E-state index in [0.29, 0.717) is 11.6 Å². The molecule has 0 heterocycles. The van der Waals surface area contributed by atoms with E-state index < -0.39 is 32.8 Å². The molecule has 0 unspecified atom stereocenters. The second-order valence-corrected chi connectivity index (χ2v) is 4.63. The highest BCUT2D eigenvalue weighted by molar-refractivity contribution is 6.19. The van der Waals surface area contributed by atoms with Crippen molar-refractivity contribution in [2.45, 2.75) is 6.92 Å². The number of oxime groups is 1. The first-order chi connectivity index (χ1) is 11.3. The van der Waals surface area contributed by atoms with E-state index in [1.165, 1.54) is 18.2 Å². The summed E-state index contributed by atoms with van der Waals surface area (Å²) in [6.07, 6.45) is 3.82. The third-order valence-corrected chi connectivity index (χ3v) is 3.00. The lowest BCUT2D eigenvalue weighted by atomic mass is 10.1. The molecule has 0 saturated carbocycles. The molecule has 0 bridgehead atoms. The van der Waals surface area contributed by atoms with Crippen molar-refractivity contribution in [3.8, 4) is 0 Å². The fourth-order valence-electron chi connectivity index (χ4n) is 1.83. The van der Waals surface area contributed by atoms with E-state index >= 15 is 0 Å². The third-order valence-electron chi connectivity index (χ3n) is 3.00. The van der Waals surface area contributed by atoms with Gasteiger partial charge in [0.2, 0.25) is 0 Å². The molecule has 1 aromatic carbocycles. The van der Waals surface area contributed by atoms with Crippen molar-refractivity contribution in [2.75, 3.05) is 0 Å². The minimum Gasteiger partial charge on any atom is -0.312 e. The molecule has 1 aliphatic carbocycles. The summed E-state index contributed by atoms with van der Waals surface area (Å²) in [5, 5.41) is 25.2. The second-order valence-electron chi connectivity index (χ2n) is 4.63. The molecule has 2 rings (SSSR count). The Bertz CT molecular complexity index is 852. The summed E-state index contributed by atoms with van der Waals surface area (Å²) >= 11 is 0. The number of carbonyl (C=O) groups is 2. The Kier molecular flexibility index (Phi) is 4.59. The fourth-order valence-corrected chi connectivity index (χ4v) is 1.83. The third kappa shape index (κ3) is 3.55. The van der Waals surface area contributed by atoms with Gasteiger partial charge in [0.05, 0.1) is 15.9 Å². The Morgan fingerprint density at radius 1 is 1.17 bits per heavy atom. The van der Waals surface area contributed by atoms with Crippen LogP contribution in [0.5, 0.6) is 0 Å². The molecule has 122 valence electrons. The average molecular weight is 331 g/mol. The van der Waals surface area contributed by atoms with Gasteiger partial charge in [-0.25, -0.2) is 4.79 Å². The summed E-state index contributed by atoms with van der Waals surface area (Å²) in [6, 6.07) is 2.52. The number of hydrogen-bond acceptors (Lipinski definition) is 8. The van der Waals surface area contributed by atoms with Crippen LogP contribution in [-0.4, -0.2) is 27.3 Å². The minimum absolute atomic E-state index is 0.201. The Labute approximate surface area is 134 Å². The van der Waals surface area contributed by atoms with Crippen LogP contribution in [0.25, 0.3) is 0 Å². The van der Waals surface area contributed by atoms with Crippen LogP contribution in [0, 0.1) is 20.2 Å². The minimum atomic E-state index is -1.15. The predicted molar refractivity (Wildman–Crippen MR) is 80.5 cm³/mol. The van der Waals surface area contributed by atoms with Gasteiger partial charge in [0.15, 0.2) is 5.78 Å². The van der Waals surface area contributed by atoms with E-state index in [4.69, 9.17) is 0 Å². The molecule has 0 spiro atoms. The van der Waals surface area contributed by atoms with Crippen LogP contribution in [0.2, 0.25) is 0 Å². The summed E-state index contributed by atoms with van der Waals surface area (Å²) in [5.41, 5.74) is -1.12. The first-order valence-electron chi connectivity index (χ1n) is 6.42. The Hall–Kier alpha value is -3.69. The molecule has 24 heavy (non-hydrogen) atoms. The van der Waals surface area contributed by atoms with E-state index in [0.717, 1.165) is 12.1 Å². The molecule has 0 aromatic heterocycles. The quantitative estimate of drug-likeness (QED) is 0.356. The number of ketones is 1. The molecule has 0 amide bonds. The topological polar surface area (TPSA) is 142 Å². The Morgan fingerprint density at radius 3 is 2.46 bits per heavy atom. The summed E-state index contributed by atoms with van der Waals surface area (Å²) in [5.74, 6) is -1.40. The average Bonchev–Trinajstić information content (AvgIpc) is 2.53. The van der Waals surface area contributed by atoms with Gasteiger partial charge >= 0.3 is 5.97 Å². The van der Waals surface area contributed by atoms with Crippen molar-refractivity contribution in [1.82, 2.24) is 0 Å². The van der Waals surface area contributed by atoms with Crippen LogP contribution >= 0.6 is 0 Å². The first-order valence-corrected chi connectivity index (χ1v) is 6.42. The SMILES string of the molecule is CC1=CC(=O)C=C/C1=N/OC(=O)c1ccc([N+](=O)[O-])cc1[N+](=O)[O-]. The number of benzene rings is 1. The number of nitro benzene ring substituents is 2. The predicted octanol–water partition coefficient (Wildman–Crippen LogP) is 2.10. The molecule has 10 nitrogen and oxygen atoms in total. The second kappa shape index (κ2) is 6.60. The van der Waals surface area contributed by atoms with Gasteiger partial charge in [-0.3, -0.25) is 25.0 Å². The van der Waals surface area contributed by atoms with Gasteiger partial charge in [-0.1, -0.05) is 5.16 Å². The van der Waals surface area contributed by atoms with Crippen LogP contribution in [0.1, 0.15) is 17.3 Å². The zero-order valence-electron chi connectivity index (χ0n) is 12.2. The van der Waals surface area contributed by atoms with Crippen LogP contribution in [0.3, 0.4) is 0 Å². The molecule has 0 saturated heterocycles. The number of nitrogens with zero attached hydrogens (tertiary/aromatic N) is 3. The lowest BCUT2D eigenvalue weighted by Crippen LogP contribution is -2.10. The lowest BCUT2D eigenvalue weighted by Gasteiger charge is -2.05. The van der Waals surface area contributed by atoms with Crippen LogP contribution in [0.15, 0.2) is 47.2 Å². The van der Waals surface area contributed by atoms with Crippen molar-refractivity contribution in [2.24, 2.45) is 5.16 Å². The van der Waals surface area contributed by atoms with Crippen LogP contribution in [0.4, 0.5) is 11.4 Å². The van der Waals surface area contributed by atoms with Gasteiger partial charge in [0.1, 0.15) is 11.3 Å². The van der Waals surface area contributed by atoms with Gasteiger partial charge in [-0.05, 0) is 36.8 Å². The van der Waals surface area contributed by atoms with Crippen molar-refractivity contribution in [3.05, 3.63) is 67.8 Å². The number of carbonyl (C=O) groups excluding carboxylic acids is 2. The van der Waals surface area contributed by atoms with Gasteiger partial charge in [0.25, 0.3) is 11.4 Å². The molecule has 10 heteroatoms. The zero-order chi connectivity index (χ0) is 17.9. The van der Waals surface area contributed by atoms with E-state index in [2.05, 4.69) is 9.99 Å². The summed E-state index contributed by atoms with van der Waals surface area (Å²) in [6.45, 7) is 1.57. The monoisotopic (exact) mass is 331 g/mol. The van der Waals surface area contributed by atoms with Crippen LogP contribution in [-0.2, 0) is 9.63 Å². The highest BCUT2D eigenvalue weighted by Gasteiger charge is 2.25. The highest BCUT2D eigenvalue weighted by atomic mass is 16.7. The molecular formula is C14H9N3O7. The smallest absolute Gasteiger partial charge is 0.312 e. The van der Waals surface area contributed by atoms with Gasteiger partial charge in [-0.15, -0.1) is 0 Å². The Balaban J connectivity index is 2.29.